The van der Waals surface area contributed by atoms with Gasteiger partial charge in [-0.2, -0.15) is 0 Å². The number of Topliss-reactive ketones (excluding diaryl/α,β-unsaturated/α-hetero) is 1. The molecule has 3 aromatic rings. The Morgan fingerprint density at radius 3 is 2.52 bits per heavy atom. The maximum atomic E-state index is 13.1. The third kappa shape index (κ3) is 3.45. The lowest BCUT2D eigenvalue weighted by atomic mass is 9.68. The van der Waals surface area contributed by atoms with Gasteiger partial charge in [0.25, 0.3) is 5.91 Å². The third-order valence-electron chi connectivity index (χ3n) is 8.04. The maximum Gasteiger partial charge on any atom is 0.255 e. The second-order valence-corrected chi connectivity index (χ2v) is 9.86. The summed E-state index contributed by atoms with van der Waals surface area (Å²) in [4.78, 5) is 24.8. The Labute approximate surface area is 194 Å². The van der Waals surface area contributed by atoms with Crippen molar-refractivity contribution in [2.24, 2.45) is 17.8 Å². The van der Waals surface area contributed by atoms with Gasteiger partial charge < -0.3 is 10.6 Å². The molecule has 1 amide bonds. The molecule has 2 aliphatic carbocycles. The molecule has 166 valence electrons. The van der Waals surface area contributed by atoms with E-state index in [2.05, 4.69) is 53.1 Å². The summed E-state index contributed by atoms with van der Waals surface area (Å²) in [5, 5.41) is 6.81. The number of fused-ring (bicyclic) bond motifs is 7. The van der Waals surface area contributed by atoms with Crippen molar-refractivity contribution in [3.05, 3.63) is 95.1 Å². The minimum atomic E-state index is -0.136. The summed E-state index contributed by atoms with van der Waals surface area (Å²) >= 11 is 0. The van der Waals surface area contributed by atoms with E-state index in [-0.39, 0.29) is 11.7 Å². The number of amides is 1. The van der Waals surface area contributed by atoms with Crippen molar-refractivity contribution < 1.29 is 9.59 Å². The van der Waals surface area contributed by atoms with Gasteiger partial charge in [-0.05, 0) is 91.3 Å². The van der Waals surface area contributed by atoms with E-state index in [1.807, 2.05) is 12.1 Å². The smallest absolute Gasteiger partial charge is 0.255 e. The standard InChI is InChI=1S/C29H28N2O2/c1-17(32)19-8-5-9-23(15-19)30-29(33)22-12-13-25-24(16-22)26-20-10-11-21(14-20)27(26)28(31-25)18-6-3-2-4-7-18/h2-9,12-13,15-16,20-21,26-28,31H,10-11,14H2,1H3,(H,30,33)/t20-,21-,26-,27+,28-/m0/s1. The molecule has 2 fully saturated rings. The van der Waals surface area contributed by atoms with Crippen LogP contribution in [0.15, 0.2) is 72.8 Å². The van der Waals surface area contributed by atoms with Crippen LogP contribution >= 0.6 is 0 Å². The van der Waals surface area contributed by atoms with Crippen LogP contribution in [-0.4, -0.2) is 11.7 Å². The number of ketones is 1. The average molecular weight is 437 g/mol. The van der Waals surface area contributed by atoms with Gasteiger partial charge in [0.05, 0.1) is 6.04 Å². The highest BCUT2D eigenvalue weighted by atomic mass is 16.1. The maximum absolute atomic E-state index is 13.1. The quantitative estimate of drug-likeness (QED) is 0.463. The van der Waals surface area contributed by atoms with Crippen LogP contribution in [0.25, 0.3) is 0 Å². The van der Waals surface area contributed by atoms with Gasteiger partial charge in [-0.25, -0.2) is 0 Å². The number of anilines is 2. The molecule has 1 heterocycles. The van der Waals surface area contributed by atoms with Gasteiger partial charge in [-0.15, -0.1) is 0 Å². The topological polar surface area (TPSA) is 58.2 Å². The molecule has 5 atom stereocenters. The number of rotatable bonds is 4. The van der Waals surface area contributed by atoms with Crippen LogP contribution in [0.4, 0.5) is 11.4 Å². The molecule has 2 bridgehead atoms. The number of carbonyl (C=O) groups excluding carboxylic acids is 2. The molecule has 0 spiro atoms. The monoisotopic (exact) mass is 436 g/mol. The molecule has 6 rings (SSSR count). The first-order valence-corrected chi connectivity index (χ1v) is 12.0. The fourth-order valence-electron chi connectivity index (χ4n) is 6.64. The summed E-state index contributed by atoms with van der Waals surface area (Å²) in [6.07, 6.45) is 3.91. The molecule has 1 aliphatic heterocycles. The number of hydrogen-bond donors (Lipinski definition) is 2. The second-order valence-electron chi connectivity index (χ2n) is 9.86. The number of hydrogen-bond acceptors (Lipinski definition) is 3. The van der Waals surface area contributed by atoms with E-state index in [4.69, 9.17) is 0 Å². The Morgan fingerprint density at radius 1 is 0.879 bits per heavy atom. The molecule has 2 N–H and O–H groups in total. The number of carbonyl (C=O) groups is 2. The normalized spacial score (nSPS) is 26.8. The highest BCUT2D eigenvalue weighted by Crippen LogP contribution is 2.63. The third-order valence-corrected chi connectivity index (χ3v) is 8.04. The molecule has 0 aromatic heterocycles. The Balaban J connectivity index is 1.33. The summed E-state index contributed by atoms with van der Waals surface area (Å²) in [7, 11) is 0. The SMILES string of the molecule is CC(=O)c1cccc(NC(=O)c2ccc3c(c2)[C@@H]2[C@H]4CC[C@@H](C4)[C@H]2[C@H](c2ccccc2)N3)c1. The van der Waals surface area contributed by atoms with Crippen molar-refractivity contribution in [2.75, 3.05) is 10.6 Å². The van der Waals surface area contributed by atoms with Crippen molar-refractivity contribution in [1.29, 1.82) is 0 Å². The van der Waals surface area contributed by atoms with E-state index in [1.54, 1.807) is 18.2 Å². The molecule has 2 saturated carbocycles. The Morgan fingerprint density at radius 2 is 1.70 bits per heavy atom. The molecule has 0 radical (unpaired) electrons. The van der Waals surface area contributed by atoms with Crippen LogP contribution < -0.4 is 10.6 Å². The van der Waals surface area contributed by atoms with Gasteiger partial charge in [0.1, 0.15) is 0 Å². The fourth-order valence-corrected chi connectivity index (χ4v) is 6.64. The summed E-state index contributed by atoms with van der Waals surface area (Å²) in [6.45, 7) is 1.53. The van der Waals surface area contributed by atoms with Crippen molar-refractivity contribution in [2.45, 2.75) is 38.1 Å². The van der Waals surface area contributed by atoms with Crippen LogP contribution in [0.5, 0.6) is 0 Å². The van der Waals surface area contributed by atoms with Crippen LogP contribution in [-0.2, 0) is 0 Å². The lowest BCUT2D eigenvalue weighted by Crippen LogP contribution is -2.35. The van der Waals surface area contributed by atoms with Crippen molar-refractivity contribution in [3.63, 3.8) is 0 Å². The average Bonchev–Trinajstić information content (AvgIpc) is 3.47. The van der Waals surface area contributed by atoms with Gasteiger partial charge in [-0.3, -0.25) is 9.59 Å². The summed E-state index contributed by atoms with van der Waals surface area (Å²) < 4.78 is 0. The van der Waals surface area contributed by atoms with Crippen LogP contribution in [0.1, 0.15) is 70.0 Å². The highest BCUT2D eigenvalue weighted by molar-refractivity contribution is 6.05. The molecular formula is C29H28N2O2. The van der Waals surface area contributed by atoms with E-state index in [0.717, 1.165) is 11.6 Å². The molecule has 0 unspecified atom stereocenters. The largest absolute Gasteiger partial charge is 0.378 e. The number of nitrogens with one attached hydrogen (secondary N) is 2. The molecule has 4 nitrogen and oxygen atoms in total. The Bertz CT molecular complexity index is 1240. The zero-order valence-corrected chi connectivity index (χ0v) is 18.8. The molecule has 4 heteroatoms. The lowest BCUT2D eigenvalue weighted by molar-refractivity contribution is 0.101. The van der Waals surface area contributed by atoms with Gasteiger partial charge >= 0.3 is 0 Å². The van der Waals surface area contributed by atoms with Gasteiger partial charge in [0, 0.05) is 22.5 Å². The van der Waals surface area contributed by atoms with E-state index in [9.17, 15) is 9.59 Å². The Kier molecular flexibility index (Phi) is 4.83. The fraction of sp³-hybridized carbons (Fsp3) is 0.310. The summed E-state index contributed by atoms with van der Waals surface area (Å²) in [5.74, 6) is 2.38. The van der Waals surface area contributed by atoms with Crippen molar-refractivity contribution >= 4 is 23.1 Å². The number of benzene rings is 3. The predicted octanol–water partition coefficient (Wildman–Crippen LogP) is 6.44. The van der Waals surface area contributed by atoms with Crippen molar-refractivity contribution in [1.82, 2.24) is 0 Å². The molecule has 33 heavy (non-hydrogen) atoms. The zero-order chi connectivity index (χ0) is 22.5. The van der Waals surface area contributed by atoms with E-state index < -0.39 is 0 Å². The van der Waals surface area contributed by atoms with E-state index >= 15 is 0 Å². The Hall–Kier alpha value is -3.40. The first-order chi connectivity index (χ1) is 16.1. The lowest BCUT2D eigenvalue weighted by Gasteiger charge is -2.43. The van der Waals surface area contributed by atoms with Crippen LogP contribution in [0, 0.1) is 17.8 Å². The van der Waals surface area contributed by atoms with E-state index in [1.165, 1.54) is 37.3 Å². The van der Waals surface area contributed by atoms with Crippen LogP contribution in [0.2, 0.25) is 0 Å². The molecular weight excluding hydrogens is 408 g/mol. The minimum absolute atomic E-state index is 0.0127. The molecule has 3 aromatic carbocycles. The minimum Gasteiger partial charge on any atom is -0.378 e. The highest BCUT2D eigenvalue weighted by Gasteiger charge is 2.53. The first-order valence-electron chi connectivity index (χ1n) is 12.0. The summed E-state index contributed by atoms with van der Waals surface area (Å²) in [5.41, 5.74) is 5.73. The van der Waals surface area contributed by atoms with Crippen LogP contribution in [0.3, 0.4) is 0 Å². The second kappa shape index (κ2) is 7.87. The van der Waals surface area contributed by atoms with Crippen molar-refractivity contribution in [3.8, 4) is 0 Å². The zero-order valence-electron chi connectivity index (χ0n) is 18.8. The predicted molar refractivity (Wildman–Crippen MR) is 131 cm³/mol. The first kappa shape index (κ1) is 20.2. The van der Waals surface area contributed by atoms with Gasteiger partial charge in [0.15, 0.2) is 5.78 Å². The van der Waals surface area contributed by atoms with E-state index in [0.29, 0.717) is 40.6 Å². The molecule has 0 saturated heterocycles. The van der Waals surface area contributed by atoms with Gasteiger partial charge in [-0.1, -0.05) is 42.5 Å². The summed E-state index contributed by atoms with van der Waals surface area (Å²) in [6, 6.07) is 24.3. The van der Waals surface area contributed by atoms with Gasteiger partial charge in [0.2, 0.25) is 0 Å². The molecule has 3 aliphatic rings.